The highest BCUT2D eigenvalue weighted by atomic mass is 16.4. The van der Waals surface area contributed by atoms with Gasteiger partial charge >= 0.3 is 5.97 Å². The predicted octanol–water partition coefficient (Wildman–Crippen LogP) is 1.00. The van der Waals surface area contributed by atoms with E-state index in [0.29, 0.717) is 11.2 Å². The summed E-state index contributed by atoms with van der Waals surface area (Å²) in [6, 6.07) is 6.56. The standard InChI is InChI=1S/C11H12N2O3/c12-5-8(11(15)16)10-3-6-1-2-7(14)4-9(6)13-10/h1-4,8,13-14H,5,12H2,(H,15,16). The van der Waals surface area contributed by atoms with Gasteiger partial charge in [-0.3, -0.25) is 4.79 Å². The molecule has 2 aromatic rings. The normalized spacial score (nSPS) is 12.8. The van der Waals surface area contributed by atoms with Crippen molar-refractivity contribution < 1.29 is 15.0 Å². The van der Waals surface area contributed by atoms with E-state index in [4.69, 9.17) is 10.8 Å². The van der Waals surface area contributed by atoms with Gasteiger partial charge in [-0.15, -0.1) is 0 Å². The molecule has 0 amide bonds. The highest BCUT2D eigenvalue weighted by molar-refractivity contribution is 5.84. The number of rotatable bonds is 3. The lowest BCUT2D eigenvalue weighted by Crippen LogP contribution is -2.21. The number of fused-ring (bicyclic) bond motifs is 1. The first-order valence-corrected chi connectivity index (χ1v) is 4.86. The van der Waals surface area contributed by atoms with Crippen LogP contribution in [0.1, 0.15) is 11.6 Å². The van der Waals surface area contributed by atoms with Crippen molar-refractivity contribution in [3.05, 3.63) is 30.0 Å². The van der Waals surface area contributed by atoms with Gasteiger partial charge in [0.25, 0.3) is 0 Å². The van der Waals surface area contributed by atoms with Crippen molar-refractivity contribution >= 4 is 16.9 Å². The number of carbonyl (C=O) groups is 1. The Kier molecular flexibility index (Phi) is 2.54. The van der Waals surface area contributed by atoms with Gasteiger partial charge in [0.15, 0.2) is 0 Å². The number of H-pyrrole nitrogens is 1. The maximum Gasteiger partial charge on any atom is 0.313 e. The number of benzene rings is 1. The topological polar surface area (TPSA) is 99.3 Å². The third-order valence-electron chi connectivity index (χ3n) is 2.54. The van der Waals surface area contributed by atoms with E-state index < -0.39 is 11.9 Å². The molecule has 0 saturated heterocycles. The van der Waals surface area contributed by atoms with E-state index in [2.05, 4.69) is 4.98 Å². The fourth-order valence-corrected chi connectivity index (χ4v) is 1.69. The van der Waals surface area contributed by atoms with E-state index in [1.54, 1.807) is 24.3 Å². The summed E-state index contributed by atoms with van der Waals surface area (Å²) in [4.78, 5) is 13.9. The molecule has 0 aliphatic carbocycles. The van der Waals surface area contributed by atoms with E-state index in [1.165, 1.54) is 0 Å². The highest BCUT2D eigenvalue weighted by Gasteiger charge is 2.19. The fraction of sp³-hybridized carbons (Fsp3) is 0.182. The van der Waals surface area contributed by atoms with Crippen LogP contribution in [0.2, 0.25) is 0 Å². The zero-order valence-electron chi connectivity index (χ0n) is 8.47. The number of aromatic hydroxyl groups is 1. The van der Waals surface area contributed by atoms with Crippen LogP contribution in [-0.4, -0.2) is 27.7 Å². The molecule has 0 radical (unpaired) electrons. The SMILES string of the molecule is NCC(C(=O)O)c1cc2ccc(O)cc2[nH]1. The van der Waals surface area contributed by atoms with E-state index in [1.807, 2.05) is 0 Å². The van der Waals surface area contributed by atoms with E-state index in [-0.39, 0.29) is 12.3 Å². The minimum Gasteiger partial charge on any atom is -0.508 e. The van der Waals surface area contributed by atoms with Gasteiger partial charge in [-0.25, -0.2) is 0 Å². The average Bonchev–Trinajstić information content (AvgIpc) is 2.60. The fourth-order valence-electron chi connectivity index (χ4n) is 1.69. The summed E-state index contributed by atoms with van der Waals surface area (Å²) < 4.78 is 0. The Bertz CT molecular complexity index is 533. The van der Waals surface area contributed by atoms with E-state index in [9.17, 15) is 9.90 Å². The Morgan fingerprint density at radius 1 is 1.44 bits per heavy atom. The number of aromatic nitrogens is 1. The Morgan fingerprint density at radius 3 is 2.81 bits per heavy atom. The molecule has 16 heavy (non-hydrogen) atoms. The number of hydrogen-bond acceptors (Lipinski definition) is 3. The van der Waals surface area contributed by atoms with Crippen LogP contribution in [0.3, 0.4) is 0 Å². The van der Waals surface area contributed by atoms with Crippen molar-refractivity contribution in [1.29, 1.82) is 0 Å². The maximum atomic E-state index is 10.9. The molecular formula is C11H12N2O3. The molecule has 5 nitrogen and oxygen atoms in total. The van der Waals surface area contributed by atoms with Crippen molar-refractivity contribution in [3.63, 3.8) is 0 Å². The molecule has 0 spiro atoms. The predicted molar refractivity (Wildman–Crippen MR) is 59.4 cm³/mol. The molecule has 0 fully saturated rings. The van der Waals surface area contributed by atoms with Crippen LogP contribution in [0.25, 0.3) is 10.9 Å². The summed E-state index contributed by atoms with van der Waals surface area (Å²) in [7, 11) is 0. The summed E-state index contributed by atoms with van der Waals surface area (Å²) in [5.41, 5.74) is 6.66. The second kappa shape index (κ2) is 3.86. The maximum absolute atomic E-state index is 10.9. The summed E-state index contributed by atoms with van der Waals surface area (Å²) in [5.74, 6) is -1.56. The van der Waals surface area contributed by atoms with Gasteiger partial charge < -0.3 is 20.9 Å². The quantitative estimate of drug-likeness (QED) is 0.620. The monoisotopic (exact) mass is 220 g/mol. The number of aliphatic carboxylic acids is 1. The molecule has 5 heteroatoms. The van der Waals surface area contributed by atoms with Crippen LogP contribution in [-0.2, 0) is 4.79 Å². The minimum atomic E-state index is -0.960. The Balaban J connectivity index is 2.49. The second-order valence-corrected chi connectivity index (χ2v) is 3.62. The number of phenols is 1. The van der Waals surface area contributed by atoms with Crippen LogP contribution in [0.4, 0.5) is 0 Å². The first-order chi connectivity index (χ1) is 7.61. The van der Waals surface area contributed by atoms with E-state index >= 15 is 0 Å². The van der Waals surface area contributed by atoms with Crippen molar-refractivity contribution in [2.45, 2.75) is 5.92 Å². The largest absolute Gasteiger partial charge is 0.508 e. The number of carboxylic acids is 1. The Morgan fingerprint density at radius 2 is 2.19 bits per heavy atom. The van der Waals surface area contributed by atoms with Gasteiger partial charge in [0.1, 0.15) is 11.7 Å². The lowest BCUT2D eigenvalue weighted by atomic mass is 10.1. The number of nitrogens with two attached hydrogens (primary N) is 1. The van der Waals surface area contributed by atoms with Crippen molar-refractivity contribution in [2.24, 2.45) is 5.73 Å². The lowest BCUT2D eigenvalue weighted by molar-refractivity contribution is -0.138. The molecule has 2 rings (SSSR count). The molecule has 84 valence electrons. The van der Waals surface area contributed by atoms with Gasteiger partial charge in [-0.1, -0.05) is 0 Å². The number of phenolic OH excluding ortho intramolecular Hbond substituents is 1. The van der Waals surface area contributed by atoms with Crippen molar-refractivity contribution in [2.75, 3.05) is 6.54 Å². The number of aromatic amines is 1. The number of hydrogen-bond donors (Lipinski definition) is 4. The second-order valence-electron chi connectivity index (χ2n) is 3.62. The first kappa shape index (κ1) is 10.5. The molecule has 1 heterocycles. The molecule has 1 aromatic heterocycles. The molecule has 0 saturated carbocycles. The molecule has 0 aliphatic rings. The third kappa shape index (κ3) is 1.72. The zero-order valence-corrected chi connectivity index (χ0v) is 8.47. The first-order valence-electron chi connectivity index (χ1n) is 4.86. The number of carboxylic acid groups (broad SMARTS) is 1. The molecule has 0 bridgehead atoms. The van der Waals surface area contributed by atoms with Crippen LogP contribution in [0.5, 0.6) is 5.75 Å². The highest BCUT2D eigenvalue weighted by Crippen LogP contribution is 2.24. The van der Waals surface area contributed by atoms with Crippen LogP contribution < -0.4 is 5.73 Å². The van der Waals surface area contributed by atoms with Gasteiger partial charge in [0, 0.05) is 23.8 Å². The average molecular weight is 220 g/mol. The molecule has 5 N–H and O–H groups in total. The van der Waals surface area contributed by atoms with Crippen molar-refractivity contribution in [3.8, 4) is 5.75 Å². The molecule has 1 atom stereocenters. The van der Waals surface area contributed by atoms with Crippen LogP contribution in [0.15, 0.2) is 24.3 Å². The molecular weight excluding hydrogens is 208 g/mol. The summed E-state index contributed by atoms with van der Waals surface area (Å²) in [5, 5.41) is 19.1. The molecule has 1 unspecified atom stereocenters. The van der Waals surface area contributed by atoms with Gasteiger partial charge in [0.05, 0.1) is 0 Å². The summed E-state index contributed by atoms with van der Waals surface area (Å²) in [6.07, 6.45) is 0. The Labute approximate surface area is 91.5 Å². The number of nitrogens with one attached hydrogen (secondary N) is 1. The van der Waals surface area contributed by atoms with Crippen molar-refractivity contribution in [1.82, 2.24) is 4.98 Å². The van der Waals surface area contributed by atoms with Gasteiger partial charge in [0.2, 0.25) is 0 Å². The minimum absolute atomic E-state index is 0.0359. The smallest absolute Gasteiger partial charge is 0.313 e. The van der Waals surface area contributed by atoms with Gasteiger partial charge in [-0.05, 0) is 23.6 Å². The van der Waals surface area contributed by atoms with E-state index in [0.717, 1.165) is 5.39 Å². The van der Waals surface area contributed by atoms with Crippen LogP contribution in [0, 0.1) is 0 Å². The summed E-state index contributed by atoms with van der Waals surface area (Å²) >= 11 is 0. The molecule has 0 aliphatic heterocycles. The summed E-state index contributed by atoms with van der Waals surface area (Å²) in [6.45, 7) is 0.0359. The zero-order chi connectivity index (χ0) is 11.7. The molecule has 1 aromatic carbocycles. The lowest BCUT2D eigenvalue weighted by Gasteiger charge is -2.05. The van der Waals surface area contributed by atoms with Gasteiger partial charge in [-0.2, -0.15) is 0 Å². The van der Waals surface area contributed by atoms with Crippen LogP contribution >= 0.6 is 0 Å². The third-order valence-corrected chi connectivity index (χ3v) is 2.54. The Hall–Kier alpha value is -2.01.